The Kier molecular flexibility index (Phi) is 3.39. The van der Waals surface area contributed by atoms with Gasteiger partial charge in [-0.15, -0.1) is 0 Å². The number of aryl methyl sites for hydroxylation is 1. The van der Waals surface area contributed by atoms with Crippen molar-refractivity contribution in [3.05, 3.63) is 29.3 Å². The number of carboxylic acid groups (broad SMARTS) is 1. The minimum atomic E-state index is -0.638. The van der Waals surface area contributed by atoms with Gasteiger partial charge in [0.15, 0.2) is 0 Å². The van der Waals surface area contributed by atoms with Gasteiger partial charge in [0.2, 0.25) is 0 Å². The quantitative estimate of drug-likeness (QED) is 0.916. The molecule has 0 aliphatic heterocycles. The molecule has 3 nitrogen and oxygen atoms in total. The Morgan fingerprint density at radius 1 is 1.27 bits per heavy atom. The van der Waals surface area contributed by atoms with Crippen LogP contribution >= 0.6 is 0 Å². The first-order valence-corrected chi connectivity index (χ1v) is 8.68. The van der Waals surface area contributed by atoms with E-state index in [0.29, 0.717) is 5.92 Å². The van der Waals surface area contributed by atoms with Crippen molar-refractivity contribution in [1.29, 1.82) is 0 Å². The van der Waals surface area contributed by atoms with Crippen molar-refractivity contribution in [3.63, 3.8) is 0 Å². The van der Waals surface area contributed by atoms with Crippen molar-refractivity contribution in [1.82, 2.24) is 0 Å². The highest BCUT2D eigenvalue weighted by atomic mass is 16.5. The lowest BCUT2D eigenvalue weighted by Crippen LogP contribution is -2.15. The standard InChI is InChI=1S/C19H24O3/c20-18(21)17-11-19(17)9-8-14-6-7-15(10-16(14)19)22-12-13-4-2-1-3-5-13/h6-7,10,13,17H,1-5,8-9,11-12H2,(H,20,21). The fourth-order valence-electron chi connectivity index (χ4n) is 4.59. The van der Waals surface area contributed by atoms with Gasteiger partial charge in [0.25, 0.3) is 0 Å². The van der Waals surface area contributed by atoms with Crippen LogP contribution < -0.4 is 4.74 Å². The summed E-state index contributed by atoms with van der Waals surface area (Å²) in [4.78, 5) is 11.3. The zero-order valence-corrected chi connectivity index (χ0v) is 13.0. The van der Waals surface area contributed by atoms with Crippen molar-refractivity contribution in [2.24, 2.45) is 11.8 Å². The molecule has 0 saturated heterocycles. The van der Waals surface area contributed by atoms with Crippen molar-refractivity contribution < 1.29 is 14.6 Å². The molecular formula is C19H24O3. The smallest absolute Gasteiger partial charge is 0.307 e. The van der Waals surface area contributed by atoms with E-state index in [1.807, 2.05) is 0 Å². The molecule has 3 aliphatic rings. The van der Waals surface area contributed by atoms with Gasteiger partial charge in [-0.2, -0.15) is 0 Å². The average molecular weight is 300 g/mol. The van der Waals surface area contributed by atoms with Crippen LogP contribution in [-0.2, 0) is 16.6 Å². The first-order valence-electron chi connectivity index (χ1n) is 8.68. The highest BCUT2D eigenvalue weighted by Gasteiger charge is 2.61. The number of aliphatic carboxylic acids is 1. The lowest BCUT2D eigenvalue weighted by molar-refractivity contribution is -0.139. The third-order valence-corrected chi connectivity index (χ3v) is 6.04. The molecule has 2 atom stereocenters. The van der Waals surface area contributed by atoms with Crippen molar-refractivity contribution in [2.75, 3.05) is 6.61 Å². The van der Waals surface area contributed by atoms with Gasteiger partial charge in [0.05, 0.1) is 12.5 Å². The average Bonchev–Trinajstić information content (AvgIpc) is 3.18. The minimum Gasteiger partial charge on any atom is -0.493 e. The summed E-state index contributed by atoms with van der Waals surface area (Å²) in [5, 5.41) is 9.32. The van der Waals surface area contributed by atoms with Crippen LogP contribution in [0.4, 0.5) is 0 Å². The summed E-state index contributed by atoms with van der Waals surface area (Å²) in [6, 6.07) is 6.35. The fourth-order valence-corrected chi connectivity index (χ4v) is 4.59. The van der Waals surface area contributed by atoms with Crippen molar-refractivity contribution >= 4 is 5.97 Å². The molecule has 2 saturated carbocycles. The predicted octanol–water partition coefficient (Wildman–Crippen LogP) is 3.93. The van der Waals surface area contributed by atoms with Gasteiger partial charge >= 0.3 is 5.97 Å². The Labute approximate surface area is 131 Å². The van der Waals surface area contributed by atoms with Gasteiger partial charge in [0, 0.05) is 5.41 Å². The zero-order chi connectivity index (χ0) is 15.2. The SMILES string of the molecule is O=C(O)C1CC12CCc1ccc(OCC3CCCCC3)cc12. The van der Waals surface area contributed by atoms with Crippen LogP contribution in [0.5, 0.6) is 5.75 Å². The van der Waals surface area contributed by atoms with Gasteiger partial charge in [-0.1, -0.05) is 25.3 Å². The Morgan fingerprint density at radius 2 is 2.09 bits per heavy atom. The zero-order valence-electron chi connectivity index (χ0n) is 13.0. The number of hydrogen-bond donors (Lipinski definition) is 1. The van der Waals surface area contributed by atoms with E-state index in [4.69, 9.17) is 4.74 Å². The number of ether oxygens (including phenoxy) is 1. The second-order valence-electron chi connectivity index (χ2n) is 7.39. The lowest BCUT2D eigenvalue weighted by atomic mass is 9.90. The molecule has 1 aromatic carbocycles. The Morgan fingerprint density at radius 3 is 2.82 bits per heavy atom. The lowest BCUT2D eigenvalue weighted by Gasteiger charge is -2.22. The molecule has 0 heterocycles. The highest BCUT2D eigenvalue weighted by molar-refractivity contribution is 5.78. The van der Waals surface area contributed by atoms with Crippen LogP contribution in [0.2, 0.25) is 0 Å². The van der Waals surface area contributed by atoms with Crippen LogP contribution in [0.25, 0.3) is 0 Å². The maximum absolute atomic E-state index is 11.3. The molecule has 0 bridgehead atoms. The second-order valence-corrected chi connectivity index (χ2v) is 7.39. The monoisotopic (exact) mass is 300 g/mol. The summed E-state index contributed by atoms with van der Waals surface area (Å²) in [7, 11) is 0. The van der Waals surface area contributed by atoms with E-state index in [-0.39, 0.29) is 11.3 Å². The molecule has 1 spiro atoms. The van der Waals surface area contributed by atoms with Crippen LogP contribution in [0.3, 0.4) is 0 Å². The molecule has 22 heavy (non-hydrogen) atoms. The largest absolute Gasteiger partial charge is 0.493 e. The van der Waals surface area contributed by atoms with E-state index in [9.17, 15) is 9.90 Å². The van der Waals surface area contributed by atoms with Gasteiger partial charge in [-0.05, 0) is 61.3 Å². The molecule has 0 radical (unpaired) electrons. The molecule has 4 rings (SSSR count). The van der Waals surface area contributed by atoms with Gasteiger partial charge in [-0.3, -0.25) is 4.79 Å². The topological polar surface area (TPSA) is 46.5 Å². The van der Waals surface area contributed by atoms with Gasteiger partial charge in [0.1, 0.15) is 5.75 Å². The van der Waals surface area contributed by atoms with Crippen LogP contribution in [0.1, 0.15) is 56.1 Å². The summed E-state index contributed by atoms with van der Waals surface area (Å²) < 4.78 is 6.04. The fraction of sp³-hybridized carbons (Fsp3) is 0.632. The Balaban J connectivity index is 1.47. The highest BCUT2D eigenvalue weighted by Crippen LogP contribution is 2.61. The number of carbonyl (C=O) groups is 1. The third-order valence-electron chi connectivity index (χ3n) is 6.04. The molecule has 1 aromatic rings. The molecule has 2 unspecified atom stereocenters. The third kappa shape index (κ3) is 2.31. The van der Waals surface area contributed by atoms with E-state index in [1.54, 1.807) is 0 Å². The molecule has 118 valence electrons. The van der Waals surface area contributed by atoms with Crippen LogP contribution in [0, 0.1) is 11.8 Å². The number of fused-ring (bicyclic) bond motifs is 2. The van der Waals surface area contributed by atoms with E-state index in [1.165, 1.54) is 43.2 Å². The minimum absolute atomic E-state index is 0.0780. The Bertz CT molecular complexity index is 588. The summed E-state index contributed by atoms with van der Waals surface area (Å²) in [6.07, 6.45) is 9.43. The molecule has 2 fully saturated rings. The van der Waals surface area contributed by atoms with Gasteiger partial charge < -0.3 is 9.84 Å². The maximum atomic E-state index is 11.3. The molecule has 3 aliphatic carbocycles. The molecule has 0 amide bonds. The van der Waals surface area contributed by atoms with E-state index in [2.05, 4.69) is 18.2 Å². The predicted molar refractivity (Wildman–Crippen MR) is 84.3 cm³/mol. The number of rotatable bonds is 4. The van der Waals surface area contributed by atoms with E-state index >= 15 is 0 Å². The van der Waals surface area contributed by atoms with E-state index in [0.717, 1.165) is 31.6 Å². The maximum Gasteiger partial charge on any atom is 0.307 e. The number of hydrogen-bond acceptors (Lipinski definition) is 2. The summed E-state index contributed by atoms with van der Waals surface area (Å²) in [5.41, 5.74) is 2.50. The van der Waals surface area contributed by atoms with Crippen LogP contribution in [-0.4, -0.2) is 17.7 Å². The summed E-state index contributed by atoms with van der Waals surface area (Å²) >= 11 is 0. The molecule has 0 aromatic heterocycles. The summed E-state index contributed by atoms with van der Waals surface area (Å²) in [6.45, 7) is 0.814. The normalized spacial score (nSPS) is 30.3. The Hall–Kier alpha value is -1.51. The first kappa shape index (κ1) is 14.1. The second kappa shape index (κ2) is 5.29. The molecule has 1 N–H and O–H groups in total. The number of carboxylic acids is 1. The number of benzene rings is 1. The van der Waals surface area contributed by atoms with Gasteiger partial charge in [-0.25, -0.2) is 0 Å². The first-order chi connectivity index (χ1) is 10.7. The molecular weight excluding hydrogens is 276 g/mol. The van der Waals surface area contributed by atoms with E-state index < -0.39 is 5.97 Å². The van der Waals surface area contributed by atoms with Crippen molar-refractivity contribution in [3.8, 4) is 5.75 Å². The van der Waals surface area contributed by atoms with Crippen molar-refractivity contribution in [2.45, 2.75) is 56.8 Å². The summed E-state index contributed by atoms with van der Waals surface area (Å²) in [5.74, 6) is 0.814. The van der Waals surface area contributed by atoms with Crippen LogP contribution in [0.15, 0.2) is 18.2 Å². The molecule has 3 heteroatoms.